The predicted octanol–water partition coefficient (Wildman–Crippen LogP) is 3.68. The fourth-order valence-electron chi connectivity index (χ4n) is 1.91. The van der Waals surface area contributed by atoms with Crippen molar-refractivity contribution in [2.24, 2.45) is 0 Å². The zero-order valence-corrected chi connectivity index (χ0v) is 10.2. The smallest absolute Gasteiger partial charge is 0.125 e. The maximum atomic E-state index is 5.48. The van der Waals surface area contributed by atoms with E-state index in [1.807, 2.05) is 6.92 Å². The average Bonchev–Trinajstić information content (AvgIpc) is 2.15. The third kappa shape index (κ3) is 2.85. The van der Waals surface area contributed by atoms with E-state index in [2.05, 4.69) is 32.6 Å². The first-order valence-electron chi connectivity index (χ1n) is 5.39. The van der Waals surface area contributed by atoms with Crippen LogP contribution in [0.15, 0.2) is 24.3 Å². The molecule has 0 heterocycles. The number of hydrogen-bond donors (Lipinski definition) is 0. The summed E-state index contributed by atoms with van der Waals surface area (Å²) in [6.07, 6.45) is 1.91. The standard InChI is InChI=1S/C14H20O/c1-6-12-8-11(4)9-13(7-10(2)3)14(12)15-5/h8-9H,2,6-7H2,1,3-5H3. The number of ether oxygens (including phenoxy) is 1. The second kappa shape index (κ2) is 5.01. The summed E-state index contributed by atoms with van der Waals surface area (Å²) in [4.78, 5) is 0. The fraction of sp³-hybridized carbons (Fsp3) is 0.429. The molecule has 0 radical (unpaired) electrons. The molecule has 0 aliphatic rings. The van der Waals surface area contributed by atoms with Crippen molar-refractivity contribution < 1.29 is 4.74 Å². The summed E-state index contributed by atoms with van der Waals surface area (Å²) in [5.74, 6) is 1.03. The molecule has 0 fully saturated rings. The van der Waals surface area contributed by atoms with Crippen LogP contribution in [0, 0.1) is 6.92 Å². The van der Waals surface area contributed by atoms with Crippen LogP contribution in [-0.4, -0.2) is 7.11 Å². The van der Waals surface area contributed by atoms with E-state index in [0.717, 1.165) is 18.6 Å². The van der Waals surface area contributed by atoms with Gasteiger partial charge in [0.25, 0.3) is 0 Å². The van der Waals surface area contributed by atoms with Crippen molar-refractivity contribution in [2.75, 3.05) is 7.11 Å². The predicted molar refractivity (Wildman–Crippen MR) is 65.6 cm³/mol. The van der Waals surface area contributed by atoms with Crippen LogP contribution >= 0.6 is 0 Å². The number of rotatable bonds is 4. The molecule has 0 aliphatic carbocycles. The van der Waals surface area contributed by atoms with Crippen LogP contribution in [-0.2, 0) is 12.8 Å². The molecule has 82 valence electrons. The molecular formula is C14H20O. The van der Waals surface area contributed by atoms with Crippen LogP contribution in [0.5, 0.6) is 5.75 Å². The van der Waals surface area contributed by atoms with Gasteiger partial charge in [-0.15, -0.1) is 0 Å². The van der Waals surface area contributed by atoms with E-state index in [0.29, 0.717) is 0 Å². The molecule has 0 saturated heterocycles. The summed E-state index contributed by atoms with van der Waals surface area (Å²) in [5, 5.41) is 0. The van der Waals surface area contributed by atoms with Crippen molar-refractivity contribution in [2.45, 2.75) is 33.6 Å². The number of allylic oxidation sites excluding steroid dienone is 1. The van der Waals surface area contributed by atoms with Crippen LogP contribution in [0.3, 0.4) is 0 Å². The zero-order chi connectivity index (χ0) is 11.4. The molecule has 1 nitrogen and oxygen atoms in total. The molecular weight excluding hydrogens is 184 g/mol. The summed E-state index contributed by atoms with van der Waals surface area (Å²) in [7, 11) is 1.74. The summed E-state index contributed by atoms with van der Waals surface area (Å²) in [6, 6.07) is 4.38. The SMILES string of the molecule is C=C(C)Cc1cc(C)cc(CC)c1OC. The lowest BCUT2D eigenvalue weighted by Gasteiger charge is -2.14. The van der Waals surface area contributed by atoms with E-state index in [1.165, 1.54) is 22.3 Å². The molecule has 0 saturated carbocycles. The van der Waals surface area contributed by atoms with E-state index in [4.69, 9.17) is 4.74 Å². The quantitative estimate of drug-likeness (QED) is 0.680. The molecule has 1 aromatic rings. The summed E-state index contributed by atoms with van der Waals surface area (Å²) in [5.41, 5.74) is 5.00. The molecule has 15 heavy (non-hydrogen) atoms. The van der Waals surface area contributed by atoms with Crippen LogP contribution < -0.4 is 4.74 Å². The molecule has 0 aliphatic heterocycles. The number of aryl methyl sites for hydroxylation is 2. The average molecular weight is 204 g/mol. The molecule has 0 unspecified atom stereocenters. The van der Waals surface area contributed by atoms with Crippen LogP contribution in [0.4, 0.5) is 0 Å². The van der Waals surface area contributed by atoms with Crippen LogP contribution in [0.2, 0.25) is 0 Å². The monoisotopic (exact) mass is 204 g/mol. The lowest BCUT2D eigenvalue weighted by atomic mass is 9.98. The van der Waals surface area contributed by atoms with Gasteiger partial charge < -0.3 is 4.74 Å². The molecule has 1 heteroatoms. The van der Waals surface area contributed by atoms with Gasteiger partial charge in [-0.3, -0.25) is 0 Å². The van der Waals surface area contributed by atoms with Crippen LogP contribution in [0.1, 0.15) is 30.5 Å². The van der Waals surface area contributed by atoms with Crippen molar-refractivity contribution in [3.05, 3.63) is 41.0 Å². The van der Waals surface area contributed by atoms with Gasteiger partial charge in [0.05, 0.1) is 7.11 Å². The third-order valence-electron chi connectivity index (χ3n) is 2.46. The molecule has 0 spiro atoms. The lowest BCUT2D eigenvalue weighted by Crippen LogP contribution is -1.98. The molecule has 0 aromatic heterocycles. The minimum absolute atomic E-state index is 0.901. The van der Waals surface area contributed by atoms with Gasteiger partial charge in [0.2, 0.25) is 0 Å². The zero-order valence-electron chi connectivity index (χ0n) is 10.2. The van der Waals surface area contributed by atoms with E-state index in [9.17, 15) is 0 Å². The molecule has 0 bridgehead atoms. The fourth-order valence-corrected chi connectivity index (χ4v) is 1.91. The van der Waals surface area contributed by atoms with E-state index >= 15 is 0 Å². The lowest BCUT2D eigenvalue weighted by molar-refractivity contribution is 0.405. The first-order valence-corrected chi connectivity index (χ1v) is 5.39. The highest BCUT2D eigenvalue weighted by Crippen LogP contribution is 2.27. The summed E-state index contributed by atoms with van der Waals surface area (Å²) >= 11 is 0. The molecule has 0 atom stereocenters. The van der Waals surface area contributed by atoms with Gasteiger partial charge in [-0.05, 0) is 37.8 Å². The topological polar surface area (TPSA) is 9.23 Å². The Labute approximate surface area is 92.8 Å². The van der Waals surface area contributed by atoms with E-state index in [-0.39, 0.29) is 0 Å². The van der Waals surface area contributed by atoms with Crippen LogP contribution in [0.25, 0.3) is 0 Å². The van der Waals surface area contributed by atoms with Gasteiger partial charge in [-0.25, -0.2) is 0 Å². The number of hydrogen-bond acceptors (Lipinski definition) is 1. The maximum Gasteiger partial charge on any atom is 0.125 e. The van der Waals surface area contributed by atoms with Gasteiger partial charge >= 0.3 is 0 Å². The van der Waals surface area contributed by atoms with Gasteiger partial charge in [-0.1, -0.05) is 36.8 Å². The Balaban J connectivity index is 3.22. The van der Waals surface area contributed by atoms with Crippen molar-refractivity contribution in [1.29, 1.82) is 0 Å². The normalized spacial score (nSPS) is 10.1. The van der Waals surface area contributed by atoms with Crippen molar-refractivity contribution >= 4 is 0 Å². The summed E-state index contributed by atoms with van der Waals surface area (Å²) in [6.45, 7) is 10.3. The van der Waals surface area contributed by atoms with Gasteiger partial charge in [-0.2, -0.15) is 0 Å². The van der Waals surface area contributed by atoms with Crippen molar-refractivity contribution in [1.82, 2.24) is 0 Å². The number of methoxy groups -OCH3 is 1. The van der Waals surface area contributed by atoms with Crippen molar-refractivity contribution in [3.8, 4) is 5.75 Å². The Morgan fingerprint density at radius 2 is 1.93 bits per heavy atom. The first kappa shape index (κ1) is 11.8. The second-order valence-corrected chi connectivity index (χ2v) is 4.10. The van der Waals surface area contributed by atoms with E-state index < -0.39 is 0 Å². The highest BCUT2D eigenvalue weighted by atomic mass is 16.5. The maximum absolute atomic E-state index is 5.48. The first-order chi connectivity index (χ1) is 7.08. The Morgan fingerprint density at radius 1 is 1.33 bits per heavy atom. The second-order valence-electron chi connectivity index (χ2n) is 4.10. The third-order valence-corrected chi connectivity index (χ3v) is 2.46. The molecule has 0 N–H and O–H groups in total. The molecule has 0 amide bonds. The number of benzene rings is 1. The Hall–Kier alpha value is -1.24. The van der Waals surface area contributed by atoms with Crippen molar-refractivity contribution in [3.63, 3.8) is 0 Å². The largest absolute Gasteiger partial charge is 0.496 e. The Bertz CT molecular complexity index is 364. The van der Waals surface area contributed by atoms with E-state index in [1.54, 1.807) is 7.11 Å². The Kier molecular flexibility index (Phi) is 3.96. The molecule has 1 aromatic carbocycles. The Morgan fingerprint density at radius 3 is 2.40 bits per heavy atom. The molecule has 1 rings (SSSR count). The highest BCUT2D eigenvalue weighted by molar-refractivity contribution is 5.46. The highest BCUT2D eigenvalue weighted by Gasteiger charge is 2.09. The summed E-state index contributed by atoms with van der Waals surface area (Å²) < 4.78 is 5.48. The minimum atomic E-state index is 0.901. The minimum Gasteiger partial charge on any atom is -0.496 e. The van der Waals surface area contributed by atoms with Gasteiger partial charge in [0.1, 0.15) is 5.75 Å². The van der Waals surface area contributed by atoms with Gasteiger partial charge in [0.15, 0.2) is 0 Å². The van der Waals surface area contributed by atoms with Gasteiger partial charge in [0, 0.05) is 0 Å².